The Morgan fingerprint density at radius 3 is 0.781 bits per heavy atom. The van der Waals surface area contributed by atoms with Crippen LogP contribution in [0.2, 0.25) is 0 Å². The van der Waals surface area contributed by atoms with Crippen LogP contribution < -0.4 is 31.3 Å². The van der Waals surface area contributed by atoms with E-state index in [-0.39, 0.29) is 0 Å². The van der Waals surface area contributed by atoms with E-state index in [1.54, 1.807) is 0 Å². The fraction of sp³-hybridized carbons (Fsp3) is 0.640. The van der Waals surface area contributed by atoms with Crippen molar-refractivity contribution >= 4 is 50.3 Å². The third kappa shape index (κ3) is 9.13. The average molecular weight is 878 g/mol. The molecule has 0 unspecified atom stereocenters. The lowest BCUT2D eigenvalue weighted by Crippen LogP contribution is -2.41. The second-order valence-corrected chi connectivity index (χ2v) is 22.4. The highest BCUT2D eigenvalue weighted by Gasteiger charge is 2.56. The molecule has 4 aliphatic heterocycles. The number of hydrogen-bond acceptors (Lipinski definition) is 10. The number of ether oxygens (including phenoxy) is 2. The van der Waals surface area contributed by atoms with Crippen LogP contribution in [0, 0.1) is 0 Å². The summed E-state index contributed by atoms with van der Waals surface area (Å²) in [7, 11) is -2.50. The first-order valence-electron chi connectivity index (χ1n) is 23.7. The second-order valence-electron chi connectivity index (χ2n) is 22.4. The van der Waals surface area contributed by atoms with Gasteiger partial charge < -0.3 is 46.7 Å². The molecule has 4 aliphatic rings. The molecular formula is C50H74B4O10. The van der Waals surface area contributed by atoms with Gasteiger partial charge in [0, 0.05) is 11.1 Å². The van der Waals surface area contributed by atoms with Crippen LogP contribution in [0.5, 0.6) is 11.5 Å². The Balaban J connectivity index is 1.44. The Hall–Kier alpha value is -2.80. The molecule has 4 fully saturated rings. The summed E-state index contributed by atoms with van der Waals surface area (Å²) >= 11 is 0. The van der Waals surface area contributed by atoms with Gasteiger partial charge in [0.1, 0.15) is 0 Å². The maximum Gasteiger partial charge on any atom is 0.494 e. The van der Waals surface area contributed by atoms with Gasteiger partial charge >= 0.3 is 28.5 Å². The van der Waals surface area contributed by atoms with E-state index < -0.39 is 73.3 Å². The number of benzene rings is 3. The molecule has 0 saturated carbocycles. The Morgan fingerprint density at radius 1 is 0.359 bits per heavy atom. The normalized spacial score (nSPS) is 23.3. The van der Waals surface area contributed by atoms with Gasteiger partial charge in [0.05, 0.1) is 58.0 Å². The number of unbranched alkanes of at least 4 members (excludes halogenated alkanes) is 2. The minimum atomic E-state index is -0.624. The number of hydrogen-bond donors (Lipinski definition) is 0. The maximum absolute atomic E-state index is 6.94. The molecule has 0 amide bonds. The fourth-order valence-corrected chi connectivity index (χ4v) is 8.07. The van der Waals surface area contributed by atoms with E-state index in [1.807, 2.05) is 0 Å². The highest BCUT2D eigenvalue weighted by atomic mass is 16.7. The molecular weight excluding hydrogens is 804 g/mol. The highest BCUT2D eigenvalue weighted by molar-refractivity contribution is 6.67. The molecule has 346 valence electrons. The van der Waals surface area contributed by atoms with E-state index in [9.17, 15) is 0 Å². The monoisotopic (exact) mass is 879 g/mol. The molecule has 3 aromatic rings. The van der Waals surface area contributed by atoms with Gasteiger partial charge in [-0.2, -0.15) is 0 Å². The zero-order chi connectivity index (χ0) is 47.1. The molecule has 0 radical (unpaired) electrons. The Kier molecular flexibility index (Phi) is 13.1. The van der Waals surface area contributed by atoms with Gasteiger partial charge in [-0.1, -0.05) is 63.1 Å². The summed E-state index contributed by atoms with van der Waals surface area (Å²) in [6, 6.07) is 17.0. The van der Waals surface area contributed by atoms with Gasteiger partial charge in [-0.05, 0) is 169 Å². The van der Waals surface area contributed by atoms with E-state index in [4.69, 9.17) is 46.7 Å². The third-order valence-electron chi connectivity index (χ3n) is 15.3. The molecule has 0 bridgehead atoms. The first kappa shape index (κ1) is 49.1. The summed E-state index contributed by atoms with van der Waals surface area (Å²) in [5.41, 5.74) is 2.67. The average Bonchev–Trinajstić information content (AvgIpc) is 3.75. The predicted molar refractivity (Wildman–Crippen MR) is 261 cm³/mol. The first-order chi connectivity index (χ1) is 29.5. The topological polar surface area (TPSA) is 92.3 Å². The zero-order valence-electron chi connectivity index (χ0n) is 42.3. The molecule has 3 aromatic carbocycles. The van der Waals surface area contributed by atoms with Crippen molar-refractivity contribution in [2.75, 3.05) is 13.2 Å². The van der Waals surface area contributed by atoms with E-state index in [0.717, 1.165) is 69.8 Å². The molecule has 10 nitrogen and oxygen atoms in total. The Bertz CT molecular complexity index is 1870. The van der Waals surface area contributed by atoms with Crippen molar-refractivity contribution in [2.45, 2.75) is 195 Å². The third-order valence-corrected chi connectivity index (χ3v) is 15.3. The van der Waals surface area contributed by atoms with Crippen molar-refractivity contribution in [3.8, 4) is 33.8 Å². The second kappa shape index (κ2) is 17.1. The lowest BCUT2D eigenvalue weighted by Gasteiger charge is -2.32. The Morgan fingerprint density at radius 2 is 0.578 bits per heavy atom. The van der Waals surface area contributed by atoms with Crippen LogP contribution in [0.15, 0.2) is 48.5 Å². The molecule has 0 spiro atoms. The summed E-state index contributed by atoms with van der Waals surface area (Å²) in [5.74, 6) is 1.32. The summed E-state index contributed by atoms with van der Waals surface area (Å²) in [5, 5.41) is 0. The first-order valence-corrected chi connectivity index (χ1v) is 23.7. The maximum atomic E-state index is 6.94. The molecule has 0 aromatic heterocycles. The quantitative estimate of drug-likeness (QED) is 0.116. The van der Waals surface area contributed by atoms with Crippen molar-refractivity contribution in [1.82, 2.24) is 0 Å². The fourth-order valence-electron chi connectivity index (χ4n) is 8.07. The summed E-state index contributed by atoms with van der Waals surface area (Å²) in [6.45, 7) is 38.5. The van der Waals surface area contributed by atoms with Gasteiger partial charge in [-0.3, -0.25) is 0 Å². The molecule has 14 heteroatoms. The van der Waals surface area contributed by atoms with Gasteiger partial charge in [0.2, 0.25) is 0 Å². The highest BCUT2D eigenvalue weighted by Crippen LogP contribution is 2.47. The lowest BCUT2D eigenvalue weighted by molar-refractivity contribution is 0.00578. The summed E-state index contributed by atoms with van der Waals surface area (Å²) < 4.78 is 67.3. The van der Waals surface area contributed by atoms with Gasteiger partial charge in [0.15, 0.2) is 11.5 Å². The van der Waals surface area contributed by atoms with Crippen LogP contribution in [0.3, 0.4) is 0 Å². The van der Waals surface area contributed by atoms with E-state index in [2.05, 4.69) is 173 Å². The molecule has 64 heavy (non-hydrogen) atoms. The van der Waals surface area contributed by atoms with E-state index >= 15 is 0 Å². The molecule has 7 rings (SSSR count). The molecule has 4 heterocycles. The minimum absolute atomic E-state index is 0.505. The van der Waals surface area contributed by atoms with Gasteiger partial charge in [-0.25, -0.2) is 0 Å². The summed E-state index contributed by atoms with van der Waals surface area (Å²) in [4.78, 5) is 0. The molecule has 0 aliphatic carbocycles. The smallest absolute Gasteiger partial charge is 0.489 e. The van der Waals surface area contributed by atoms with Crippen molar-refractivity contribution in [2.24, 2.45) is 0 Å². The molecule has 0 N–H and O–H groups in total. The number of rotatable bonds is 14. The van der Waals surface area contributed by atoms with Crippen LogP contribution >= 0.6 is 0 Å². The predicted octanol–water partition coefficient (Wildman–Crippen LogP) is 8.58. The van der Waals surface area contributed by atoms with Crippen LogP contribution in [0.4, 0.5) is 0 Å². The van der Waals surface area contributed by atoms with Crippen LogP contribution in [-0.4, -0.2) is 86.5 Å². The van der Waals surface area contributed by atoms with Crippen molar-refractivity contribution in [3.63, 3.8) is 0 Å². The minimum Gasteiger partial charge on any atom is -0.489 e. The standard InChI is InChI=1S/C50H74B4O10/c1-19-21-25-55-41-39(33-27-35(51-57-43(3,4)44(5,6)58-51)31-36(28-33)52-59-45(7,8)46(9,10)60-52)23-24-40(42(41)56-26-22-20-2)34-29-37(53-61-47(11,12)48(13,14)62-53)32-38(30-34)54-63-49(15,16)50(17,18)64-54/h23-24,27-32H,19-22,25-26H2,1-18H3. The largest absolute Gasteiger partial charge is 0.494 e. The van der Waals surface area contributed by atoms with E-state index in [1.165, 1.54) is 0 Å². The van der Waals surface area contributed by atoms with E-state index in [0.29, 0.717) is 24.7 Å². The van der Waals surface area contributed by atoms with Gasteiger partial charge in [-0.15, -0.1) is 0 Å². The lowest BCUT2D eigenvalue weighted by atomic mass is 9.70. The molecule has 0 atom stereocenters. The SMILES string of the molecule is CCCCOc1c(-c2cc(B3OC(C)(C)C(C)(C)O3)cc(B3OC(C)(C)C(C)(C)O3)c2)ccc(-c2cc(B3OC(C)(C)C(C)(C)O3)cc(B3OC(C)(C)C(C)(C)O3)c2)c1OCCCC. The summed E-state index contributed by atoms with van der Waals surface area (Å²) in [6.07, 6.45) is 3.68. The van der Waals surface area contributed by atoms with Crippen molar-refractivity contribution in [1.29, 1.82) is 0 Å². The van der Waals surface area contributed by atoms with Gasteiger partial charge in [0.25, 0.3) is 0 Å². The van der Waals surface area contributed by atoms with Crippen molar-refractivity contribution in [3.05, 3.63) is 48.5 Å². The molecule has 4 saturated heterocycles. The van der Waals surface area contributed by atoms with Crippen molar-refractivity contribution < 1.29 is 46.7 Å². The Labute approximate surface area is 386 Å². The zero-order valence-corrected chi connectivity index (χ0v) is 42.3. The van der Waals surface area contributed by atoms with Crippen LogP contribution in [0.1, 0.15) is 150 Å². The van der Waals surface area contributed by atoms with Crippen LogP contribution in [0.25, 0.3) is 22.3 Å². The van der Waals surface area contributed by atoms with Crippen LogP contribution in [-0.2, 0) is 37.2 Å².